The number of hydrogen-bond acceptors (Lipinski definition) is 3. The lowest BCUT2D eigenvalue weighted by molar-refractivity contribution is 0.0946. The van der Waals surface area contributed by atoms with Crippen molar-refractivity contribution in [3.05, 3.63) is 65.2 Å². The second-order valence-corrected chi connectivity index (χ2v) is 5.99. The summed E-state index contributed by atoms with van der Waals surface area (Å²) in [5.74, 6) is 0.480. The smallest absolute Gasteiger partial charge is 0.255 e. The van der Waals surface area contributed by atoms with Gasteiger partial charge in [-0.3, -0.25) is 4.79 Å². The van der Waals surface area contributed by atoms with Crippen LogP contribution in [0.2, 0.25) is 0 Å². The molecule has 0 spiro atoms. The van der Waals surface area contributed by atoms with Crippen LogP contribution in [-0.2, 0) is 0 Å². The van der Waals surface area contributed by atoms with Gasteiger partial charge in [0, 0.05) is 13.1 Å². The van der Waals surface area contributed by atoms with Gasteiger partial charge in [-0.05, 0) is 36.3 Å². The van der Waals surface area contributed by atoms with Crippen LogP contribution in [0.25, 0.3) is 12.2 Å². The lowest BCUT2D eigenvalue weighted by Crippen LogP contribution is -2.34. The Bertz CT molecular complexity index is 722. The van der Waals surface area contributed by atoms with Crippen molar-refractivity contribution in [3.8, 4) is 5.75 Å². The fourth-order valence-electron chi connectivity index (χ4n) is 2.72. The van der Waals surface area contributed by atoms with E-state index in [1.54, 1.807) is 7.11 Å². The number of hydrogen-bond donors (Lipinski definition) is 1. The molecule has 4 heteroatoms. The molecule has 0 fully saturated rings. The molecule has 0 saturated heterocycles. The summed E-state index contributed by atoms with van der Waals surface area (Å²) in [6, 6.07) is 15.7. The number of amides is 1. The van der Waals surface area contributed by atoms with Crippen LogP contribution >= 0.6 is 0 Å². The van der Waals surface area contributed by atoms with Crippen LogP contribution in [0.5, 0.6) is 5.75 Å². The van der Waals surface area contributed by atoms with E-state index in [2.05, 4.69) is 24.1 Å². The van der Waals surface area contributed by atoms with Crippen LogP contribution in [0, 0.1) is 0 Å². The lowest BCUT2D eigenvalue weighted by Gasteiger charge is -2.18. The normalized spacial score (nSPS) is 11.1. The van der Waals surface area contributed by atoms with Gasteiger partial charge in [0.1, 0.15) is 5.75 Å². The summed E-state index contributed by atoms with van der Waals surface area (Å²) in [6.07, 6.45) is 4.05. The molecule has 1 N–H and O–H groups in total. The van der Waals surface area contributed by atoms with Crippen molar-refractivity contribution in [2.45, 2.75) is 13.8 Å². The van der Waals surface area contributed by atoms with Gasteiger partial charge < -0.3 is 15.0 Å². The van der Waals surface area contributed by atoms with Crippen LogP contribution in [-0.4, -0.2) is 44.1 Å². The molecule has 0 aliphatic carbocycles. The zero-order chi connectivity index (χ0) is 18.8. The summed E-state index contributed by atoms with van der Waals surface area (Å²) >= 11 is 0. The number of carbonyl (C=O) groups is 1. The Morgan fingerprint density at radius 1 is 1.04 bits per heavy atom. The van der Waals surface area contributed by atoms with E-state index in [0.29, 0.717) is 17.9 Å². The van der Waals surface area contributed by atoms with E-state index >= 15 is 0 Å². The number of nitrogens with zero attached hydrogens (tertiary/aromatic N) is 1. The lowest BCUT2D eigenvalue weighted by atomic mass is 10.1. The van der Waals surface area contributed by atoms with Gasteiger partial charge in [-0.1, -0.05) is 62.4 Å². The summed E-state index contributed by atoms with van der Waals surface area (Å²) in [4.78, 5) is 14.7. The molecular weight excluding hydrogens is 324 g/mol. The fourth-order valence-corrected chi connectivity index (χ4v) is 2.72. The van der Waals surface area contributed by atoms with Crippen LogP contribution in [0.1, 0.15) is 35.3 Å². The first-order valence-corrected chi connectivity index (χ1v) is 9.09. The summed E-state index contributed by atoms with van der Waals surface area (Å²) in [6.45, 7) is 7.68. The summed E-state index contributed by atoms with van der Waals surface area (Å²) in [5, 5.41) is 2.97. The van der Waals surface area contributed by atoms with Crippen LogP contribution < -0.4 is 10.1 Å². The van der Waals surface area contributed by atoms with E-state index in [-0.39, 0.29) is 5.91 Å². The van der Waals surface area contributed by atoms with Crippen LogP contribution in [0.4, 0.5) is 0 Å². The largest absolute Gasteiger partial charge is 0.496 e. The first-order valence-electron chi connectivity index (χ1n) is 9.09. The van der Waals surface area contributed by atoms with Gasteiger partial charge >= 0.3 is 0 Å². The molecule has 0 radical (unpaired) electrons. The molecule has 0 bridgehead atoms. The molecule has 4 nitrogen and oxygen atoms in total. The Morgan fingerprint density at radius 3 is 2.38 bits per heavy atom. The van der Waals surface area contributed by atoms with E-state index in [1.807, 2.05) is 60.7 Å². The topological polar surface area (TPSA) is 41.6 Å². The van der Waals surface area contributed by atoms with Crippen molar-refractivity contribution < 1.29 is 9.53 Å². The van der Waals surface area contributed by atoms with E-state index in [0.717, 1.165) is 30.8 Å². The molecule has 0 atom stereocenters. The van der Waals surface area contributed by atoms with E-state index in [1.165, 1.54) is 0 Å². The fraction of sp³-hybridized carbons (Fsp3) is 0.318. The van der Waals surface area contributed by atoms with E-state index < -0.39 is 0 Å². The number of ether oxygens (including phenoxy) is 1. The molecule has 0 aromatic heterocycles. The second kappa shape index (κ2) is 10.4. The van der Waals surface area contributed by atoms with Gasteiger partial charge in [-0.2, -0.15) is 0 Å². The average molecular weight is 352 g/mol. The maximum absolute atomic E-state index is 12.4. The predicted octanol–water partition coefficient (Wildman–Crippen LogP) is 3.94. The minimum Gasteiger partial charge on any atom is -0.496 e. The molecule has 0 saturated carbocycles. The van der Waals surface area contributed by atoms with Crippen molar-refractivity contribution >= 4 is 18.1 Å². The minimum absolute atomic E-state index is 0.104. The maximum Gasteiger partial charge on any atom is 0.255 e. The first kappa shape index (κ1) is 19.7. The van der Waals surface area contributed by atoms with Gasteiger partial charge in [-0.15, -0.1) is 0 Å². The highest BCUT2D eigenvalue weighted by Gasteiger charge is 2.12. The maximum atomic E-state index is 12.4. The summed E-state index contributed by atoms with van der Waals surface area (Å²) in [7, 11) is 1.59. The van der Waals surface area contributed by atoms with E-state index in [9.17, 15) is 4.79 Å². The Labute approximate surface area is 156 Å². The molecule has 0 aliphatic rings. The first-order chi connectivity index (χ1) is 12.7. The highest BCUT2D eigenvalue weighted by atomic mass is 16.5. The molecule has 0 unspecified atom stereocenters. The number of likely N-dealkylation sites (N-methyl/N-ethyl adjacent to an activating group) is 1. The van der Waals surface area contributed by atoms with Crippen molar-refractivity contribution in [1.82, 2.24) is 10.2 Å². The summed E-state index contributed by atoms with van der Waals surface area (Å²) < 4.78 is 5.42. The molecule has 0 aliphatic heterocycles. The second-order valence-electron chi connectivity index (χ2n) is 5.99. The molecule has 26 heavy (non-hydrogen) atoms. The minimum atomic E-state index is -0.104. The van der Waals surface area contributed by atoms with Gasteiger partial charge in [0.2, 0.25) is 0 Å². The highest BCUT2D eigenvalue weighted by Crippen LogP contribution is 2.21. The average Bonchev–Trinajstić information content (AvgIpc) is 2.70. The van der Waals surface area contributed by atoms with Crippen LogP contribution in [0.15, 0.2) is 48.5 Å². The third-order valence-corrected chi connectivity index (χ3v) is 4.35. The van der Waals surface area contributed by atoms with Gasteiger partial charge in [0.25, 0.3) is 5.91 Å². The van der Waals surface area contributed by atoms with E-state index in [4.69, 9.17) is 4.74 Å². The van der Waals surface area contributed by atoms with Crippen molar-refractivity contribution in [2.24, 2.45) is 0 Å². The van der Waals surface area contributed by atoms with Crippen molar-refractivity contribution in [3.63, 3.8) is 0 Å². The van der Waals surface area contributed by atoms with Crippen molar-refractivity contribution in [1.29, 1.82) is 0 Å². The molecule has 2 rings (SSSR count). The molecule has 2 aromatic rings. The van der Waals surface area contributed by atoms with Crippen LogP contribution in [0.3, 0.4) is 0 Å². The quantitative estimate of drug-likeness (QED) is 0.695. The number of benzene rings is 2. The summed E-state index contributed by atoms with van der Waals surface area (Å²) in [5.41, 5.74) is 2.68. The Hall–Kier alpha value is -2.59. The standard InChI is InChI=1S/C22H28N2O2/c1-4-24(5-2)16-15-23-22(25)20-14-13-19(17-21(20)26-3)12-11-18-9-7-6-8-10-18/h6-14,17H,4-5,15-16H2,1-3H3,(H,23,25). The van der Waals surface area contributed by atoms with Gasteiger partial charge in [0.15, 0.2) is 0 Å². The third-order valence-electron chi connectivity index (χ3n) is 4.35. The number of nitrogens with one attached hydrogen (secondary N) is 1. The number of carbonyl (C=O) groups excluding carboxylic acids is 1. The number of rotatable bonds is 9. The van der Waals surface area contributed by atoms with Gasteiger partial charge in [0.05, 0.1) is 12.7 Å². The molecule has 0 heterocycles. The zero-order valence-corrected chi connectivity index (χ0v) is 15.9. The molecule has 1 amide bonds. The Balaban J connectivity index is 2.03. The Morgan fingerprint density at radius 2 is 1.73 bits per heavy atom. The van der Waals surface area contributed by atoms with Crippen molar-refractivity contribution in [2.75, 3.05) is 33.3 Å². The number of methoxy groups -OCH3 is 1. The molecule has 2 aromatic carbocycles. The monoisotopic (exact) mass is 352 g/mol. The predicted molar refractivity (Wildman–Crippen MR) is 108 cm³/mol. The molecule has 138 valence electrons. The third kappa shape index (κ3) is 5.74. The SMILES string of the molecule is CCN(CC)CCNC(=O)c1ccc(C=Cc2ccccc2)cc1OC. The zero-order valence-electron chi connectivity index (χ0n) is 15.9. The molecular formula is C22H28N2O2. The highest BCUT2D eigenvalue weighted by molar-refractivity contribution is 5.97. The Kier molecular flexibility index (Phi) is 7.90. The van der Waals surface area contributed by atoms with Gasteiger partial charge in [-0.25, -0.2) is 0 Å².